The summed E-state index contributed by atoms with van der Waals surface area (Å²) in [5, 5.41) is 9.66. The van der Waals surface area contributed by atoms with Crippen LogP contribution < -0.4 is 0 Å². The van der Waals surface area contributed by atoms with Crippen LogP contribution in [0.1, 0.15) is 23.2 Å². The molecule has 0 radical (unpaired) electrons. The zero-order valence-electron chi connectivity index (χ0n) is 9.93. The van der Waals surface area contributed by atoms with E-state index in [-0.39, 0.29) is 17.7 Å². The molecule has 1 aromatic carbocycles. The first-order chi connectivity index (χ1) is 8.20. The van der Waals surface area contributed by atoms with Crippen LogP contribution >= 0.6 is 0 Å². The van der Waals surface area contributed by atoms with Crippen molar-refractivity contribution in [3.05, 3.63) is 29.8 Å². The van der Waals surface area contributed by atoms with E-state index in [1.165, 1.54) is 6.07 Å². The number of amides is 1. The second kappa shape index (κ2) is 5.19. The number of aromatic hydroxyl groups is 1. The van der Waals surface area contributed by atoms with E-state index in [4.69, 9.17) is 4.74 Å². The third kappa shape index (κ3) is 2.58. The van der Waals surface area contributed by atoms with E-state index in [0.717, 1.165) is 12.8 Å². The molecule has 1 amide bonds. The van der Waals surface area contributed by atoms with Crippen LogP contribution in [0.4, 0.5) is 0 Å². The molecule has 2 rings (SSSR count). The predicted octanol–water partition coefficient (Wildman–Crippen LogP) is 1.64. The summed E-state index contributed by atoms with van der Waals surface area (Å²) in [5.74, 6) is -0.0913. The molecule has 0 saturated carbocycles. The summed E-state index contributed by atoms with van der Waals surface area (Å²) < 4.78 is 5.27. The van der Waals surface area contributed by atoms with Crippen molar-refractivity contribution in [1.82, 2.24) is 4.90 Å². The summed E-state index contributed by atoms with van der Waals surface area (Å²) in [4.78, 5) is 13.9. The van der Waals surface area contributed by atoms with Crippen LogP contribution in [0.3, 0.4) is 0 Å². The quantitative estimate of drug-likeness (QED) is 0.847. The van der Waals surface area contributed by atoms with Gasteiger partial charge in [0.1, 0.15) is 5.75 Å². The van der Waals surface area contributed by atoms with E-state index in [9.17, 15) is 9.90 Å². The van der Waals surface area contributed by atoms with Gasteiger partial charge in [-0.05, 0) is 25.0 Å². The highest BCUT2D eigenvalue weighted by molar-refractivity contribution is 5.96. The van der Waals surface area contributed by atoms with E-state index in [1.54, 1.807) is 30.1 Å². The molecule has 1 aliphatic rings. The lowest BCUT2D eigenvalue weighted by atomic mass is 10.1. The Balaban J connectivity index is 2.11. The van der Waals surface area contributed by atoms with Crippen molar-refractivity contribution < 1.29 is 14.6 Å². The van der Waals surface area contributed by atoms with Gasteiger partial charge in [-0.15, -0.1) is 0 Å². The number of rotatable bonds is 2. The van der Waals surface area contributed by atoms with Gasteiger partial charge in [-0.2, -0.15) is 0 Å². The van der Waals surface area contributed by atoms with E-state index in [2.05, 4.69) is 0 Å². The van der Waals surface area contributed by atoms with E-state index >= 15 is 0 Å². The Morgan fingerprint density at radius 1 is 1.35 bits per heavy atom. The molecule has 0 bridgehead atoms. The number of benzene rings is 1. The van der Waals surface area contributed by atoms with Crippen molar-refractivity contribution in [2.75, 3.05) is 20.3 Å². The second-order valence-electron chi connectivity index (χ2n) is 4.28. The predicted molar refractivity (Wildman–Crippen MR) is 64.0 cm³/mol. The number of hydrogen-bond acceptors (Lipinski definition) is 3. The molecule has 1 aromatic rings. The number of para-hydroxylation sites is 1. The molecule has 1 saturated heterocycles. The van der Waals surface area contributed by atoms with Crippen LogP contribution in [0.15, 0.2) is 24.3 Å². The maximum Gasteiger partial charge on any atom is 0.257 e. The van der Waals surface area contributed by atoms with Crippen LogP contribution in [0.25, 0.3) is 0 Å². The van der Waals surface area contributed by atoms with Gasteiger partial charge in [0.05, 0.1) is 5.56 Å². The Hall–Kier alpha value is -1.55. The van der Waals surface area contributed by atoms with Crippen LogP contribution in [-0.2, 0) is 4.74 Å². The van der Waals surface area contributed by atoms with Crippen LogP contribution in [0.2, 0.25) is 0 Å². The maximum absolute atomic E-state index is 12.2. The zero-order valence-corrected chi connectivity index (χ0v) is 9.93. The van der Waals surface area contributed by atoms with Crippen LogP contribution in [0, 0.1) is 0 Å². The molecular formula is C13H17NO3. The lowest BCUT2D eigenvalue weighted by Gasteiger charge is -2.31. The zero-order chi connectivity index (χ0) is 12.3. The van der Waals surface area contributed by atoms with Gasteiger partial charge in [0.25, 0.3) is 5.91 Å². The Morgan fingerprint density at radius 3 is 2.65 bits per heavy atom. The molecule has 4 heteroatoms. The average molecular weight is 235 g/mol. The number of nitrogens with zero attached hydrogens (tertiary/aromatic N) is 1. The molecule has 4 nitrogen and oxygen atoms in total. The van der Waals surface area contributed by atoms with E-state index < -0.39 is 0 Å². The van der Waals surface area contributed by atoms with Crippen molar-refractivity contribution in [3.63, 3.8) is 0 Å². The van der Waals surface area contributed by atoms with Crippen molar-refractivity contribution in [2.45, 2.75) is 18.9 Å². The number of phenols is 1. The Kier molecular flexibility index (Phi) is 3.64. The van der Waals surface area contributed by atoms with Gasteiger partial charge >= 0.3 is 0 Å². The molecule has 0 unspecified atom stereocenters. The third-order valence-electron chi connectivity index (χ3n) is 3.19. The fourth-order valence-electron chi connectivity index (χ4n) is 2.08. The van der Waals surface area contributed by atoms with E-state index in [1.807, 2.05) is 0 Å². The third-order valence-corrected chi connectivity index (χ3v) is 3.19. The number of carbonyl (C=O) groups excluding carboxylic acids is 1. The standard InChI is InChI=1S/C13H17NO3/c1-14(10-6-8-17-9-7-10)13(16)11-4-2-3-5-12(11)15/h2-5,10,15H,6-9H2,1H3. The van der Waals surface area contributed by atoms with Gasteiger partial charge in [-0.1, -0.05) is 12.1 Å². The van der Waals surface area contributed by atoms with Crippen molar-refractivity contribution in [2.24, 2.45) is 0 Å². The van der Waals surface area contributed by atoms with Crippen molar-refractivity contribution in [3.8, 4) is 5.75 Å². The van der Waals surface area contributed by atoms with Crippen LogP contribution in [0.5, 0.6) is 5.75 Å². The van der Waals surface area contributed by atoms with Gasteiger partial charge in [0, 0.05) is 26.3 Å². The minimum atomic E-state index is -0.130. The van der Waals surface area contributed by atoms with Gasteiger partial charge in [0.2, 0.25) is 0 Å². The Morgan fingerprint density at radius 2 is 2.00 bits per heavy atom. The minimum absolute atomic E-state index is 0.0383. The average Bonchev–Trinajstić information content (AvgIpc) is 2.39. The molecule has 1 N–H and O–H groups in total. The molecule has 1 heterocycles. The normalized spacial score (nSPS) is 16.8. The lowest BCUT2D eigenvalue weighted by molar-refractivity contribution is 0.0360. The summed E-state index contributed by atoms with van der Waals surface area (Å²) in [6.45, 7) is 1.39. The molecule has 92 valence electrons. The number of carbonyl (C=O) groups is 1. The summed E-state index contributed by atoms with van der Waals surface area (Å²) in [5.41, 5.74) is 0.362. The molecule has 1 fully saturated rings. The lowest BCUT2D eigenvalue weighted by Crippen LogP contribution is -2.40. The fraction of sp³-hybridized carbons (Fsp3) is 0.462. The first-order valence-corrected chi connectivity index (χ1v) is 5.83. The minimum Gasteiger partial charge on any atom is -0.507 e. The fourth-order valence-corrected chi connectivity index (χ4v) is 2.08. The second-order valence-corrected chi connectivity index (χ2v) is 4.28. The molecule has 0 aliphatic carbocycles. The smallest absolute Gasteiger partial charge is 0.257 e. The summed E-state index contributed by atoms with van der Waals surface area (Å²) >= 11 is 0. The molecular weight excluding hydrogens is 218 g/mol. The van der Waals surface area contributed by atoms with Crippen LogP contribution in [-0.4, -0.2) is 42.2 Å². The molecule has 0 spiro atoms. The highest BCUT2D eigenvalue weighted by Crippen LogP contribution is 2.21. The van der Waals surface area contributed by atoms with Gasteiger partial charge in [-0.25, -0.2) is 0 Å². The molecule has 0 atom stereocenters. The SMILES string of the molecule is CN(C(=O)c1ccccc1O)C1CCOCC1. The monoisotopic (exact) mass is 235 g/mol. The Bertz CT molecular complexity index is 399. The summed E-state index contributed by atoms with van der Waals surface area (Å²) in [6, 6.07) is 6.85. The van der Waals surface area contributed by atoms with Crippen molar-refractivity contribution in [1.29, 1.82) is 0 Å². The molecule has 0 aromatic heterocycles. The molecule has 17 heavy (non-hydrogen) atoms. The highest BCUT2D eigenvalue weighted by Gasteiger charge is 2.24. The summed E-state index contributed by atoms with van der Waals surface area (Å²) in [7, 11) is 1.78. The first kappa shape index (κ1) is 11.9. The van der Waals surface area contributed by atoms with Gasteiger partial charge < -0.3 is 14.7 Å². The molecule has 1 aliphatic heterocycles. The van der Waals surface area contributed by atoms with Gasteiger partial charge in [0.15, 0.2) is 0 Å². The largest absolute Gasteiger partial charge is 0.507 e. The van der Waals surface area contributed by atoms with E-state index in [0.29, 0.717) is 18.8 Å². The maximum atomic E-state index is 12.2. The number of phenolic OH excluding ortho intramolecular Hbond substituents is 1. The first-order valence-electron chi connectivity index (χ1n) is 5.83. The summed E-state index contributed by atoms with van der Waals surface area (Å²) in [6.07, 6.45) is 1.71. The van der Waals surface area contributed by atoms with Crippen molar-refractivity contribution >= 4 is 5.91 Å². The highest BCUT2D eigenvalue weighted by atomic mass is 16.5. The number of ether oxygens (including phenoxy) is 1. The Labute approximate surface area is 101 Å². The van der Waals surface area contributed by atoms with Gasteiger partial charge in [-0.3, -0.25) is 4.79 Å². The number of hydrogen-bond donors (Lipinski definition) is 1. The topological polar surface area (TPSA) is 49.8 Å².